The van der Waals surface area contributed by atoms with E-state index in [9.17, 15) is 9.59 Å². The first-order chi connectivity index (χ1) is 20.9. The van der Waals surface area contributed by atoms with E-state index in [0.29, 0.717) is 33.3 Å². The number of carbonyl (C=O) groups excluding carboxylic acids is 3. The van der Waals surface area contributed by atoms with Crippen molar-refractivity contribution in [3.05, 3.63) is 124 Å². The number of ketones is 2. The number of carbonyl (C=O) groups is 3. The van der Waals surface area contributed by atoms with Crippen LogP contribution in [0.2, 0.25) is 5.02 Å². The molecule has 43 heavy (non-hydrogen) atoms. The summed E-state index contributed by atoms with van der Waals surface area (Å²) < 4.78 is 11.1. The molecule has 214 valence electrons. The number of anilines is 2. The average Bonchev–Trinajstić information content (AvgIpc) is 3.52. The molecule has 4 aromatic carbocycles. The third-order valence-electron chi connectivity index (χ3n) is 8.88. The number of benzene rings is 4. The number of ether oxygens (including phenoxy) is 2. The Kier molecular flexibility index (Phi) is 6.36. The van der Waals surface area contributed by atoms with Crippen LogP contribution in [0.5, 0.6) is 11.5 Å². The Morgan fingerprint density at radius 2 is 1.65 bits per heavy atom. The van der Waals surface area contributed by atoms with Gasteiger partial charge in [0.2, 0.25) is 5.91 Å². The molecule has 3 heterocycles. The molecule has 0 bridgehead atoms. The molecule has 0 unspecified atom stereocenters. The summed E-state index contributed by atoms with van der Waals surface area (Å²) in [5, 5.41) is 3.58. The number of hydrogen-bond donors (Lipinski definition) is 1. The van der Waals surface area contributed by atoms with Crippen LogP contribution in [-0.2, 0) is 10.2 Å². The third kappa shape index (κ3) is 3.85. The van der Waals surface area contributed by atoms with Crippen LogP contribution in [0, 0.1) is 5.92 Å². The molecular formula is C35H27ClN2O5. The lowest BCUT2D eigenvalue weighted by Gasteiger charge is -2.37. The minimum absolute atomic E-state index is 0.231. The number of hydrogen-bond acceptors (Lipinski definition) is 6. The Morgan fingerprint density at radius 1 is 0.884 bits per heavy atom. The molecule has 0 aliphatic carbocycles. The fourth-order valence-electron chi connectivity index (χ4n) is 7.10. The first-order valence-electron chi connectivity index (χ1n) is 13.9. The Balaban J connectivity index is 1.55. The van der Waals surface area contributed by atoms with E-state index in [-0.39, 0.29) is 17.3 Å². The molecule has 1 amide bonds. The van der Waals surface area contributed by atoms with Gasteiger partial charge in [-0.1, -0.05) is 72.3 Å². The summed E-state index contributed by atoms with van der Waals surface area (Å²) in [6.45, 7) is 0. The molecule has 4 aromatic rings. The minimum atomic E-state index is -1.44. The van der Waals surface area contributed by atoms with Crippen molar-refractivity contribution in [3.8, 4) is 11.5 Å². The van der Waals surface area contributed by atoms with Crippen molar-refractivity contribution >= 4 is 46.5 Å². The number of nitrogens with zero attached hydrogens (tertiary/aromatic N) is 1. The van der Waals surface area contributed by atoms with E-state index in [1.165, 1.54) is 14.2 Å². The molecule has 3 aliphatic heterocycles. The molecule has 1 spiro atoms. The molecule has 7 rings (SSSR count). The molecule has 4 atom stereocenters. The molecule has 0 saturated carbocycles. The monoisotopic (exact) mass is 590 g/mol. The zero-order chi connectivity index (χ0) is 29.9. The zero-order valence-corrected chi connectivity index (χ0v) is 24.2. The van der Waals surface area contributed by atoms with E-state index >= 15 is 4.79 Å². The largest absolute Gasteiger partial charge is 0.497 e. The van der Waals surface area contributed by atoms with Crippen LogP contribution in [0.15, 0.2) is 97.1 Å². The number of Topliss-reactive ketones (excluding diaryl/α,β-unsaturated/α-hetero) is 2. The maximum atomic E-state index is 15.1. The summed E-state index contributed by atoms with van der Waals surface area (Å²) in [6, 6.07) is 25.0. The molecule has 1 N–H and O–H groups in total. The normalized spacial score (nSPS) is 22.9. The predicted octanol–water partition coefficient (Wildman–Crippen LogP) is 6.21. The van der Waals surface area contributed by atoms with Gasteiger partial charge in [0, 0.05) is 22.0 Å². The van der Waals surface area contributed by atoms with Gasteiger partial charge in [-0.15, -0.1) is 0 Å². The van der Waals surface area contributed by atoms with Crippen LogP contribution in [0.4, 0.5) is 11.4 Å². The fourth-order valence-corrected chi connectivity index (χ4v) is 7.28. The maximum Gasteiger partial charge on any atom is 0.238 e. The van der Waals surface area contributed by atoms with Gasteiger partial charge in [-0.05, 0) is 53.6 Å². The number of methoxy groups -OCH3 is 2. The highest BCUT2D eigenvalue weighted by Gasteiger charge is 2.70. The van der Waals surface area contributed by atoms with Crippen LogP contribution in [0.25, 0.3) is 6.08 Å². The fraction of sp³-hybridized carbons (Fsp3) is 0.171. The van der Waals surface area contributed by atoms with E-state index in [1.807, 2.05) is 59.5 Å². The molecule has 8 heteroatoms. The first-order valence-corrected chi connectivity index (χ1v) is 14.3. The van der Waals surface area contributed by atoms with Crippen molar-refractivity contribution in [2.24, 2.45) is 5.92 Å². The van der Waals surface area contributed by atoms with Crippen LogP contribution < -0.4 is 19.7 Å². The SMILES string of the molecule is COc1ccc(OC)c(C(=O)[C@H]2[C@@H](C(=O)c3ccccc3)N3c4ccc(Cl)cc4C=C[C@@H]3[C@]23C(=O)Nc2ccccc23)c1. The molecule has 7 nitrogen and oxygen atoms in total. The summed E-state index contributed by atoms with van der Waals surface area (Å²) >= 11 is 6.38. The molecule has 0 radical (unpaired) electrons. The van der Waals surface area contributed by atoms with Gasteiger partial charge in [0.25, 0.3) is 0 Å². The van der Waals surface area contributed by atoms with Crippen LogP contribution in [0.3, 0.4) is 0 Å². The number of fused-ring (bicyclic) bond motifs is 6. The highest BCUT2D eigenvalue weighted by molar-refractivity contribution is 6.31. The second-order valence-corrected chi connectivity index (χ2v) is 11.3. The molecule has 3 aliphatic rings. The average molecular weight is 591 g/mol. The highest BCUT2D eigenvalue weighted by Crippen LogP contribution is 2.58. The molecule has 0 aromatic heterocycles. The predicted molar refractivity (Wildman–Crippen MR) is 165 cm³/mol. The highest BCUT2D eigenvalue weighted by atomic mass is 35.5. The lowest BCUT2D eigenvalue weighted by molar-refractivity contribution is -0.121. The van der Waals surface area contributed by atoms with Gasteiger partial charge in [-0.2, -0.15) is 0 Å². The summed E-state index contributed by atoms with van der Waals surface area (Å²) in [6.07, 6.45) is 3.84. The van der Waals surface area contributed by atoms with E-state index in [4.69, 9.17) is 21.1 Å². The Bertz CT molecular complexity index is 1840. The van der Waals surface area contributed by atoms with E-state index in [2.05, 4.69) is 5.32 Å². The van der Waals surface area contributed by atoms with Gasteiger partial charge < -0.3 is 19.7 Å². The van der Waals surface area contributed by atoms with Crippen molar-refractivity contribution in [1.82, 2.24) is 0 Å². The van der Waals surface area contributed by atoms with Crippen LogP contribution in [0.1, 0.15) is 31.8 Å². The van der Waals surface area contributed by atoms with Crippen molar-refractivity contribution < 1.29 is 23.9 Å². The lowest BCUT2D eigenvalue weighted by atomic mass is 9.64. The van der Waals surface area contributed by atoms with Crippen molar-refractivity contribution in [2.75, 3.05) is 24.4 Å². The number of rotatable bonds is 6. The standard InChI is InChI=1S/C35H27ClN2O5/c1-42-23-14-16-28(43-2)24(19-23)33(40)30-31(32(39)20-8-4-3-5-9-20)38-27-15-13-22(36)18-21(27)12-17-29(38)35(30)25-10-6-7-11-26(25)37-34(35)41/h3-19,29-31H,1-2H3,(H,37,41)/t29-,30-,31+,35+/m1/s1. The van der Waals surface area contributed by atoms with Gasteiger partial charge >= 0.3 is 0 Å². The molecule has 1 saturated heterocycles. The Morgan fingerprint density at radius 3 is 2.42 bits per heavy atom. The van der Waals surface area contributed by atoms with Gasteiger partial charge in [0.15, 0.2) is 11.6 Å². The number of halogens is 1. The second kappa shape index (κ2) is 10.1. The Labute approximate surface area is 253 Å². The number of amides is 1. The Hall–Kier alpha value is -4.88. The summed E-state index contributed by atoms with van der Waals surface area (Å²) in [7, 11) is 3.00. The molecular weight excluding hydrogens is 564 g/mol. The topological polar surface area (TPSA) is 84.9 Å². The van der Waals surface area contributed by atoms with E-state index in [1.54, 1.807) is 48.5 Å². The zero-order valence-electron chi connectivity index (χ0n) is 23.4. The molecule has 1 fully saturated rings. The minimum Gasteiger partial charge on any atom is -0.497 e. The van der Waals surface area contributed by atoms with Crippen molar-refractivity contribution in [3.63, 3.8) is 0 Å². The van der Waals surface area contributed by atoms with Gasteiger partial charge in [-0.3, -0.25) is 14.4 Å². The summed E-state index contributed by atoms with van der Waals surface area (Å²) in [5.41, 5.74) is 2.03. The maximum absolute atomic E-state index is 15.1. The number of para-hydroxylation sites is 1. The van der Waals surface area contributed by atoms with Crippen LogP contribution in [-0.4, -0.2) is 43.8 Å². The first kappa shape index (κ1) is 27.0. The van der Waals surface area contributed by atoms with Gasteiger partial charge in [0.1, 0.15) is 23.0 Å². The lowest BCUT2D eigenvalue weighted by Crippen LogP contribution is -2.51. The van der Waals surface area contributed by atoms with E-state index in [0.717, 1.165) is 11.3 Å². The van der Waals surface area contributed by atoms with E-state index < -0.39 is 29.2 Å². The second-order valence-electron chi connectivity index (χ2n) is 10.9. The number of nitrogens with one attached hydrogen (secondary N) is 1. The van der Waals surface area contributed by atoms with Crippen LogP contribution >= 0.6 is 11.6 Å². The van der Waals surface area contributed by atoms with Gasteiger partial charge in [0.05, 0.1) is 31.7 Å². The van der Waals surface area contributed by atoms with Crippen molar-refractivity contribution in [2.45, 2.75) is 17.5 Å². The quantitative estimate of drug-likeness (QED) is 0.269. The van der Waals surface area contributed by atoms with Gasteiger partial charge in [-0.25, -0.2) is 0 Å². The summed E-state index contributed by atoms with van der Waals surface area (Å²) in [5.74, 6) is -1.36. The smallest absolute Gasteiger partial charge is 0.238 e. The van der Waals surface area contributed by atoms with Crippen molar-refractivity contribution in [1.29, 1.82) is 0 Å². The third-order valence-corrected chi connectivity index (χ3v) is 9.11. The summed E-state index contributed by atoms with van der Waals surface area (Å²) in [4.78, 5) is 46.3.